The number of carboxylic acids is 1. The lowest BCUT2D eigenvalue weighted by molar-refractivity contribution is -0.144. The molecule has 0 aromatic rings. The Morgan fingerprint density at radius 3 is 2.45 bits per heavy atom. The minimum atomic E-state index is -3.74. The fourth-order valence-corrected chi connectivity index (χ4v) is 5.41. The maximum absolute atomic E-state index is 12.5. The molecule has 116 valence electrons. The van der Waals surface area contributed by atoms with Gasteiger partial charge >= 0.3 is 5.97 Å². The van der Waals surface area contributed by atoms with Crippen LogP contribution in [0.2, 0.25) is 0 Å². The molecule has 0 amide bonds. The van der Waals surface area contributed by atoms with Gasteiger partial charge in [-0.25, -0.2) is 0 Å². The van der Waals surface area contributed by atoms with Gasteiger partial charge in [-0.1, -0.05) is 12.8 Å². The van der Waals surface area contributed by atoms with Gasteiger partial charge in [-0.05, 0) is 45.4 Å². The van der Waals surface area contributed by atoms with Gasteiger partial charge in [-0.2, -0.15) is 17.4 Å². The van der Waals surface area contributed by atoms with Crippen LogP contribution in [0.15, 0.2) is 0 Å². The molecule has 0 bridgehead atoms. The van der Waals surface area contributed by atoms with Crippen LogP contribution in [0.25, 0.3) is 0 Å². The Hall–Kier alpha value is -0.660. The maximum Gasteiger partial charge on any atom is 0.322 e. The predicted octanol–water partition coefficient (Wildman–Crippen LogP) is 1.34. The molecule has 3 atom stereocenters. The molecule has 1 saturated heterocycles. The van der Waals surface area contributed by atoms with Crippen LogP contribution in [0.3, 0.4) is 0 Å². The highest BCUT2D eigenvalue weighted by molar-refractivity contribution is 7.87. The van der Waals surface area contributed by atoms with Crippen molar-refractivity contribution < 1.29 is 18.3 Å². The van der Waals surface area contributed by atoms with Gasteiger partial charge in [0.15, 0.2) is 0 Å². The molecule has 0 radical (unpaired) electrons. The van der Waals surface area contributed by atoms with Crippen LogP contribution in [0, 0.1) is 5.92 Å². The summed E-state index contributed by atoms with van der Waals surface area (Å²) in [5, 5.41) is 9.36. The molecule has 0 spiro atoms. The Labute approximate surface area is 120 Å². The van der Waals surface area contributed by atoms with Crippen LogP contribution in [0.1, 0.15) is 52.4 Å². The second-order valence-electron chi connectivity index (χ2n) is 6.15. The second kappa shape index (κ2) is 5.99. The standard InChI is InChI=1S/C13H24N2O4S/c1-9(2)14-20(18,19)15-11-6-4-3-5-10(11)7-8-12(15)13(16)17/h9-12,14H,3-8H2,1-2H3,(H,16,17). The summed E-state index contributed by atoms with van der Waals surface area (Å²) in [6, 6.07) is -1.32. The average Bonchev–Trinajstić information content (AvgIpc) is 2.35. The van der Waals surface area contributed by atoms with E-state index < -0.39 is 22.2 Å². The molecule has 7 heteroatoms. The first-order valence-corrected chi connectivity index (χ1v) is 8.80. The lowest BCUT2D eigenvalue weighted by Crippen LogP contribution is -2.60. The van der Waals surface area contributed by atoms with Crippen LogP contribution in [-0.2, 0) is 15.0 Å². The smallest absolute Gasteiger partial charge is 0.322 e. The first-order chi connectivity index (χ1) is 9.33. The van der Waals surface area contributed by atoms with E-state index in [1.807, 2.05) is 0 Å². The van der Waals surface area contributed by atoms with Gasteiger partial charge in [-0.15, -0.1) is 0 Å². The Kier molecular flexibility index (Phi) is 4.71. The first-order valence-electron chi connectivity index (χ1n) is 7.36. The zero-order valence-corrected chi connectivity index (χ0v) is 12.9. The number of carbonyl (C=O) groups is 1. The number of nitrogens with zero attached hydrogens (tertiary/aromatic N) is 1. The van der Waals surface area contributed by atoms with E-state index in [9.17, 15) is 18.3 Å². The molecule has 0 aromatic carbocycles. The van der Waals surface area contributed by atoms with E-state index in [0.717, 1.165) is 32.1 Å². The SMILES string of the molecule is CC(C)NS(=O)(=O)N1C(C(=O)O)CCC2CCCCC21. The molecule has 2 rings (SSSR count). The van der Waals surface area contributed by atoms with Crippen molar-refractivity contribution in [1.82, 2.24) is 9.03 Å². The van der Waals surface area contributed by atoms with Gasteiger partial charge < -0.3 is 5.11 Å². The van der Waals surface area contributed by atoms with Crippen LogP contribution in [0.4, 0.5) is 0 Å². The Balaban J connectivity index is 2.32. The lowest BCUT2D eigenvalue weighted by atomic mass is 9.78. The summed E-state index contributed by atoms with van der Waals surface area (Å²) < 4.78 is 28.8. The Morgan fingerprint density at radius 2 is 1.85 bits per heavy atom. The minimum absolute atomic E-state index is 0.158. The highest BCUT2D eigenvalue weighted by Crippen LogP contribution is 2.39. The average molecular weight is 304 g/mol. The van der Waals surface area contributed by atoms with E-state index in [0.29, 0.717) is 12.3 Å². The van der Waals surface area contributed by atoms with Gasteiger partial charge in [0.25, 0.3) is 10.2 Å². The summed E-state index contributed by atoms with van der Waals surface area (Å²) in [6.45, 7) is 3.49. The molecule has 20 heavy (non-hydrogen) atoms. The zero-order chi connectivity index (χ0) is 14.9. The molecule has 0 aromatic heterocycles. The molecule has 2 N–H and O–H groups in total. The fourth-order valence-electron chi connectivity index (χ4n) is 3.53. The van der Waals surface area contributed by atoms with Crippen molar-refractivity contribution in [1.29, 1.82) is 0 Å². The molecular formula is C13H24N2O4S. The molecule has 6 nitrogen and oxygen atoms in total. The normalized spacial score (nSPS) is 32.0. The molecule has 2 aliphatic rings. The third-order valence-electron chi connectivity index (χ3n) is 4.26. The Bertz CT molecular complexity index is 463. The summed E-state index contributed by atoms with van der Waals surface area (Å²) >= 11 is 0. The number of carboxylic acid groups (broad SMARTS) is 1. The zero-order valence-electron chi connectivity index (χ0n) is 12.1. The van der Waals surface area contributed by atoms with Crippen LogP contribution in [0.5, 0.6) is 0 Å². The summed E-state index contributed by atoms with van der Waals surface area (Å²) in [6.07, 6.45) is 5.09. The van der Waals surface area contributed by atoms with E-state index in [2.05, 4.69) is 4.72 Å². The van der Waals surface area contributed by atoms with E-state index in [-0.39, 0.29) is 12.1 Å². The van der Waals surface area contributed by atoms with Gasteiger partial charge in [0.1, 0.15) is 6.04 Å². The van der Waals surface area contributed by atoms with Crippen molar-refractivity contribution in [2.45, 2.75) is 70.5 Å². The van der Waals surface area contributed by atoms with Crippen molar-refractivity contribution in [3.05, 3.63) is 0 Å². The molecule has 2 fully saturated rings. The topological polar surface area (TPSA) is 86.7 Å². The largest absolute Gasteiger partial charge is 0.480 e. The number of rotatable bonds is 4. The van der Waals surface area contributed by atoms with Crippen LogP contribution in [-0.4, -0.2) is 41.9 Å². The molecule has 1 aliphatic carbocycles. The molecule has 1 aliphatic heterocycles. The number of piperidine rings is 1. The van der Waals surface area contributed by atoms with Gasteiger partial charge in [0, 0.05) is 12.1 Å². The van der Waals surface area contributed by atoms with Crippen molar-refractivity contribution >= 4 is 16.2 Å². The number of hydrogen-bond donors (Lipinski definition) is 2. The molecule has 1 saturated carbocycles. The Morgan fingerprint density at radius 1 is 1.20 bits per heavy atom. The summed E-state index contributed by atoms with van der Waals surface area (Å²) in [5.74, 6) is -0.730. The first kappa shape index (κ1) is 15.7. The minimum Gasteiger partial charge on any atom is -0.480 e. The van der Waals surface area contributed by atoms with E-state index in [1.165, 1.54) is 4.31 Å². The number of aliphatic carboxylic acids is 1. The lowest BCUT2D eigenvalue weighted by Gasteiger charge is -2.46. The van der Waals surface area contributed by atoms with Gasteiger partial charge in [0.05, 0.1) is 0 Å². The van der Waals surface area contributed by atoms with E-state index >= 15 is 0 Å². The summed E-state index contributed by atoms with van der Waals surface area (Å²) in [5.41, 5.74) is 0. The summed E-state index contributed by atoms with van der Waals surface area (Å²) in [7, 11) is -3.74. The van der Waals surface area contributed by atoms with E-state index in [4.69, 9.17) is 0 Å². The summed E-state index contributed by atoms with van der Waals surface area (Å²) in [4.78, 5) is 11.4. The second-order valence-corrected chi connectivity index (χ2v) is 7.76. The molecular weight excluding hydrogens is 280 g/mol. The van der Waals surface area contributed by atoms with Crippen molar-refractivity contribution in [2.75, 3.05) is 0 Å². The fraction of sp³-hybridized carbons (Fsp3) is 0.923. The van der Waals surface area contributed by atoms with Crippen LogP contribution < -0.4 is 4.72 Å². The predicted molar refractivity (Wildman–Crippen MR) is 75.4 cm³/mol. The van der Waals surface area contributed by atoms with E-state index in [1.54, 1.807) is 13.8 Å². The maximum atomic E-state index is 12.5. The monoisotopic (exact) mass is 304 g/mol. The van der Waals surface area contributed by atoms with Gasteiger partial charge in [0.2, 0.25) is 0 Å². The van der Waals surface area contributed by atoms with Crippen LogP contribution >= 0.6 is 0 Å². The highest BCUT2D eigenvalue weighted by atomic mass is 32.2. The van der Waals surface area contributed by atoms with Crippen molar-refractivity contribution in [3.8, 4) is 0 Å². The van der Waals surface area contributed by atoms with Crippen molar-refractivity contribution in [2.24, 2.45) is 5.92 Å². The number of fused-ring (bicyclic) bond motifs is 1. The molecule has 3 unspecified atom stereocenters. The third kappa shape index (κ3) is 3.15. The number of nitrogens with one attached hydrogen (secondary N) is 1. The molecule has 1 heterocycles. The van der Waals surface area contributed by atoms with Crippen molar-refractivity contribution in [3.63, 3.8) is 0 Å². The highest BCUT2D eigenvalue weighted by Gasteiger charge is 2.47. The quantitative estimate of drug-likeness (QED) is 0.820. The van der Waals surface area contributed by atoms with Gasteiger partial charge in [-0.3, -0.25) is 4.79 Å². The third-order valence-corrected chi connectivity index (χ3v) is 6.11. The number of hydrogen-bond acceptors (Lipinski definition) is 3.